The highest BCUT2D eigenvalue weighted by molar-refractivity contribution is 5.75. The largest absolute Gasteiger partial charge is 0.377 e. The van der Waals surface area contributed by atoms with E-state index in [4.69, 9.17) is 9.72 Å². The van der Waals surface area contributed by atoms with Gasteiger partial charge in [-0.25, -0.2) is 14.8 Å². The Hall–Kier alpha value is -3.00. The Morgan fingerprint density at radius 2 is 2.00 bits per heavy atom. The van der Waals surface area contributed by atoms with E-state index >= 15 is 0 Å². The lowest BCUT2D eigenvalue weighted by Crippen LogP contribution is -2.38. The zero-order valence-electron chi connectivity index (χ0n) is 16.7. The SMILES string of the molecule is CC(C)CCn1c(Cn2c(=O)n(C3COC3)c3ccncc32)nc2ncccc21. The van der Waals surface area contributed by atoms with Gasteiger partial charge in [0.15, 0.2) is 5.65 Å². The summed E-state index contributed by atoms with van der Waals surface area (Å²) in [4.78, 5) is 26.7. The van der Waals surface area contributed by atoms with Gasteiger partial charge in [-0.2, -0.15) is 0 Å². The molecule has 4 aromatic rings. The first-order valence-electron chi connectivity index (χ1n) is 10.1. The molecule has 0 amide bonds. The van der Waals surface area contributed by atoms with Gasteiger partial charge < -0.3 is 9.30 Å². The smallest absolute Gasteiger partial charge is 0.329 e. The van der Waals surface area contributed by atoms with Crippen LogP contribution in [0, 0.1) is 5.92 Å². The van der Waals surface area contributed by atoms with Crippen LogP contribution in [0.5, 0.6) is 0 Å². The van der Waals surface area contributed by atoms with E-state index in [9.17, 15) is 4.79 Å². The number of imidazole rings is 2. The fourth-order valence-electron chi connectivity index (χ4n) is 3.91. The third-order valence-electron chi connectivity index (χ3n) is 5.58. The molecule has 5 rings (SSSR count). The molecule has 4 aromatic heterocycles. The fourth-order valence-corrected chi connectivity index (χ4v) is 3.91. The molecule has 0 aliphatic carbocycles. The molecule has 8 heteroatoms. The number of hydrogen-bond donors (Lipinski definition) is 0. The van der Waals surface area contributed by atoms with Crippen LogP contribution in [0.25, 0.3) is 22.2 Å². The Kier molecular flexibility index (Phi) is 4.43. The Morgan fingerprint density at radius 1 is 1.14 bits per heavy atom. The second-order valence-corrected chi connectivity index (χ2v) is 8.00. The standard InChI is InChI=1S/C21H24N6O2/c1-14(2)6-9-25-17-4-3-7-23-20(17)24-19(25)11-26-18-10-22-8-5-16(18)27(21(26)28)15-12-29-13-15/h3-5,7-8,10,14-15H,6,9,11-13H2,1-2H3. The van der Waals surface area contributed by atoms with Gasteiger partial charge in [-0.1, -0.05) is 13.8 Å². The minimum Gasteiger partial charge on any atom is -0.377 e. The van der Waals surface area contributed by atoms with Gasteiger partial charge in [-0.3, -0.25) is 14.1 Å². The quantitative estimate of drug-likeness (QED) is 0.504. The summed E-state index contributed by atoms with van der Waals surface area (Å²) >= 11 is 0. The molecule has 0 radical (unpaired) electrons. The summed E-state index contributed by atoms with van der Waals surface area (Å²) in [7, 11) is 0. The summed E-state index contributed by atoms with van der Waals surface area (Å²) in [5, 5.41) is 0. The first-order chi connectivity index (χ1) is 14.1. The Balaban J connectivity index is 1.63. The molecule has 0 atom stereocenters. The molecule has 1 aliphatic rings. The molecule has 5 heterocycles. The van der Waals surface area contributed by atoms with Crippen molar-refractivity contribution in [1.29, 1.82) is 0 Å². The molecule has 0 saturated carbocycles. The number of rotatable bonds is 6. The molecule has 0 spiro atoms. The van der Waals surface area contributed by atoms with Gasteiger partial charge in [0.1, 0.15) is 5.82 Å². The van der Waals surface area contributed by atoms with Crippen molar-refractivity contribution in [2.75, 3.05) is 13.2 Å². The lowest BCUT2D eigenvalue weighted by molar-refractivity contribution is -0.0231. The summed E-state index contributed by atoms with van der Waals surface area (Å²) in [6, 6.07) is 5.95. The van der Waals surface area contributed by atoms with Crippen molar-refractivity contribution in [1.82, 2.24) is 28.7 Å². The number of hydrogen-bond acceptors (Lipinski definition) is 5. The molecule has 0 N–H and O–H groups in total. The average molecular weight is 392 g/mol. The molecule has 0 unspecified atom stereocenters. The number of aryl methyl sites for hydroxylation is 1. The topological polar surface area (TPSA) is 79.8 Å². The van der Waals surface area contributed by atoms with Crippen LogP contribution in [0.15, 0.2) is 41.6 Å². The normalized spacial score (nSPS) is 14.9. The van der Waals surface area contributed by atoms with E-state index < -0.39 is 0 Å². The van der Waals surface area contributed by atoms with Gasteiger partial charge >= 0.3 is 5.69 Å². The van der Waals surface area contributed by atoms with E-state index in [0.717, 1.165) is 35.3 Å². The maximum absolute atomic E-state index is 13.3. The molecule has 150 valence electrons. The molecule has 1 aliphatic heterocycles. The van der Waals surface area contributed by atoms with Crippen molar-refractivity contribution in [3.8, 4) is 0 Å². The van der Waals surface area contributed by atoms with Crippen molar-refractivity contribution < 1.29 is 4.74 Å². The van der Waals surface area contributed by atoms with E-state index in [0.29, 0.717) is 31.3 Å². The highest BCUT2D eigenvalue weighted by Crippen LogP contribution is 2.23. The average Bonchev–Trinajstić information content (AvgIpc) is 3.16. The second-order valence-electron chi connectivity index (χ2n) is 8.00. The van der Waals surface area contributed by atoms with Crippen LogP contribution < -0.4 is 5.69 Å². The highest BCUT2D eigenvalue weighted by Gasteiger charge is 2.27. The third-order valence-corrected chi connectivity index (χ3v) is 5.58. The molecule has 8 nitrogen and oxygen atoms in total. The first-order valence-corrected chi connectivity index (χ1v) is 10.1. The number of pyridine rings is 2. The molecule has 1 saturated heterocycles. The van der Waals surface area contributed by atoms with Gasteiger partial charge in [0, 0.05) is 18.9 Å². The van der Waals surface area contributed by atoms with Crippen LogP contribution in [-0.2, 0) is 17.8 Å². The van der Waals surface area contributed by atoms with E-state index in [1.165, 1.54) is 0 Å². The second kappa shape index (κ2) is 7.11. The van der Waals surface area contributed by atoms with Crippen LogP contribution in [0.3, 0.4) is 0 Å². The summed E-state index contributed by atoms with van der Waals surface area (Å²) in [6.45, 7) is 6.78. The minimum absolute atomic E-state index is 0.0447. The third kappa shape index (κ3) is 3.04. The monoisotopic (exact) mass is 392 g/mol. The lowest BCUT2D eigenvalue weighted by Gasteiger charge is -2.26. The zero-order valence-corrected chi connectivity index (χ0v) is 16.7. The zero-order chi connectivity index (χ0) is 20.0. The molecular weight excluding hydrogens is 368 g/mol. The fraction of sp³-hybridized carbons (Fsp3) is 0.429. The Bertz CT molecular complexity index is 1230. The van der Waals surface area contributed by atoms with E-state index in [1.807, 2.05) is 22.8 Å². The van der Waals surface area contributed by atoms with Gasteiger partial charge in [0.2, 0.25) is 0 Å². The summed E-state index contributed by atoms with van der Waals surface area (Å²) in [5.41, 5.74) is 3.39. The van der Waals surface area contributed by atoms with Crippen LogP contribution in [0.2, 0.25) is 0 Å². The maximum atomic E-state index is 13.3. The predicted octanol–water partition coefficient (Wildman–Crippen LogP) is 2.61. The molecule has 29 heavy (non-hydrogen) atoms. The Labute approximate surface area is 167 Å². The highest BCUT2D eigenvalue weighted by atomic mass is 16.5. The number of fused-ring (bicyclic) bond motifs is 2. The van der Waals surface area contributed by atoms with E-state index in [-0.39, 0.29) is 11.7 Å². The van der Waals surface area contributed by atoms with Gasteiger partial charge in [0.25, 0.3) is 0 Å². The van der Waals surface area contributed by atoms with Gasteiger partial charge in [0.05, 0.1) is 48.5 Å². The minimum atomic E-state index is -0.0447. The van der Waals surface area contributed by atoms with E-state index in [1.54, 1.807) is 23.2 Å². The number of nitrogens with zero attached hydrogens (tertiary/aromatic N) is 6. The Morgan fingerprint density at radius 3 is 2.76 bits per heavy atom. The first kappa shape index (κ1) is 18.1. The molecule has 1 fully saturated rings. The summed E-state index contributed by atoms with van der Waals surface area (Å²) in [5.74, 6) is 1.42. The summed E-state index contributed by atoms with van der Waals surface area (Å²) in [6.07, 6.45) is 6.27. The van der Waals surface area contributed by atoms with E-state index in [2.05, 4.69) is 28.4 Å². The van der Waals surface area contributed by atoms with Crippen molar-refractivity contribution in [2.45, 2.75) is 39.4 Å². The van der Waals surface area contributed by atoms with Crippen LogP contribution >= 0.6 is 0 Å². The van der Waals surface area contributed by atoms with Gasteiger partial charge in [-0.15, -0.1) is 0 Å². The van der Waals surface area contributed by atoms with Crippen molar-refractivity contribution in [2.24, 2.45) is 5.92 Å². The molecule has 0 aromatic carbocycles. The molecular formula is C21H24N6O2. The van der Waals surface area contributed by atoms with Crippen molar-refractivity contribution >= 4 is 22.2 Å². The number of aromatic nitrogens is 6. The van der Waals surface area contributed by atoms with Crippen molar-refractivity contribution in [3.63, 3.8) is 0 Å². The van der Waals surface area contributed by atoms with Crippen molar-refractivity contribution in [3.05, 3.63) is 53.1 Å². The summed E-state index contributed by atoms with van der Waals surface area (Å²) < 4.78 is 11.1. The van der Waals surface area contributed by atoms with Crippen LogP contribution in [-0.4, -0.2) is 41.9 Å². The number of ether oxygens (including phenoxy) is 1. The van der Waals surface area contributed by atoms with Crippen LogP contribution in [0.4, 0.5) is 0 Å². The molecule has 0 bridgehead atoms. The lowest BCUT2D eigenvalue weighted by atomic mass is 10.1. The van der Waals surface area contributed by atoms with Gasteiger partial charge in [-0.05, 0) is 30.5 Å². The maximum Gasteiger partial charge on any atom is 0.329 e. The van der Waals surface area contributed by atoms with Crippen LogP contribution in [0.1, 0.15) is 32.1 Å². The predicted molar refractivity (Wildman–Crippen MR) is 110 cm³/mol.